The number of carbonyl (C=O) groups is 1. The van der Waals surface area contributed by atoms with Crippen LogP contribution in [0.1, 0.15) is 26.7 Å². The van der Waals surface area contributed by atoms with Gasteiger partial charge in [-0.15, -0.1) is 0 Å². The molecule has 0 amide bonds. The first-order valence-electron chi connectivity index (χ1n) is 4.45. The van der Waals surface area contributed by atoms with Gasteiger partial charge in [0, 0.05) is 6.61 Å². The van der Waals surface area contributed by atoms with E-state index in [2.05, 4.69) is 13.8 Å². The van der Waals surface area contributed by atoms with Crippen molar-refractivity contribution in [1.82, 2.24) is 0 Å². The third kappa shape index (κ3) is 2.21. The van der Waals surface area contributed by atoms with Crippen LogP contribution in [0, 0.1) is 11.8 Å². The largest absolute Gasteiger partial charge is 0.481 e. The smallest absolute Gasteiger partial charge is 0.306 e. The normalized spacial score (nSPS) is 30.6. The molecule has 2 atom stereocenters. The molecule has 1 heterocycles. The molecule has 0 radical (unpaired) electrons. The molecule has 0 aromatic heterocycles. The Hall–Kier alpha value is -0.570. The van der Waals surface area contributed by atoms with E-state index < -0.39 is 5.97 Å². The van der Waals surface area contributed by atoms with Crippen molar-refractivity contribution in [2.24, 2.45) is 11.8 Å². The van der Waals surface area contributed by atoms with E-state index in [4.69, 9.17) is 9.84 Å². The molecule has 0 unspecified atom stereocenters. The monoisotopic (exact) mass is 172 g/mol. The minimum Gasteiger partial charge on any atom is -0.481 e. The summed E-state index contributed by atoms with van der Waals surface area (Å²) in [7, 11) is 0. The van der Waals surface area contributed by atoms with Crippen LogP contribution in [0.5, 0.6) is 0 Å². The van der Waals surface area contributed by atoms with Gasteiger partial charge >= 0.3 is 5.97 Å². The maximum absolute atomic E-state index is 10.7. The highest BCUT2D eigenvalue weighted by molar-refractivity contribution is 5.70. The van der Waals surface area contributed by atoms with Gasteiger partial charge in [0.2, 0.25) is 0 Å². The number of hydrogen-bond acceptors (Lipinski definition) is 2. The fraction of sp³-hybridized carbons (Fsp3) is 0.889. The van der Waals surface area contributed by atoms with Crippen LogP contribution in [-0.4, -0.2) is 23.8 Å². The quantitative estimate of drug-likeness (QED) is 0.687. The van der Waals surface area contributed by atoms with Gasteiger partial charge in [0.05, 0.1) is 12.0 Å². The molecule has 12 heavy (non-hydrogen) atoms. The highest BCUT2D eigenvalue weighted by Gasteiger charge is 2.28. The Labute approximate surface area is 72.7 Å². The summed E-state index contributed by atoms with van der Waals surface area (Å²) in [6, 6.07) is 0. The van der Waals surface area contributed by atoms with E-state index in [1.165, 1.54) is 0 Å². The Morgan fingerprint density at radius 1 is 1.58 bits per heavy atom. The number of hydrogen-bond donors (Lipinski definition) is 1. The van der Waals surface area contributed by atoms with Gasteiger partial charge in [0.15, 0.2) is 0 Å². The number of carboxylic acid groups (broad SMARTS) is 1. The molecule has 0 aromatic carbocycles. The summed E-state index contributed by atoms with van der Waals surface area (Å²) in [5, 5.41) is 8.78. The van der Waals surface area contributed by atoms with Gasteiger partial charge in [0.25, 0.3) is 0 Å². The summed E-state index contributed by atoms with van der Waals surface area (Å²) in [4.78, 5) is 10.7. The summed E-state index contributed by atoms with van der Waals surface area (Å²) < 4.78 is 5.46. The summed E-state index contributed by atoms with van der Waals surface area (Å²) in [6.07, 6.45) is 1.48. The molecule has 1 aliphatic rings. The van der Waals surface area contributed by atoms with Gasteiger partial charge in [-0.3, -0.25) is 4.79 Å². The molecular weight excluding hydrogens is 156 g/mol. The Bertz CT molecular complexity index is 165. The predicted molar refractivity (Wildman–Crippen MR) is 44.9 cm³/mol. The van der Waals surface area contributed by atoms with Crippen LogP contribution in [0.25, 0.3) is 0 Å². The molecule has 1 rings (SSSR count). The molecule has 0 aromatic rings. The van der Waals surface area contributed by atoms with E-state index in [-0.39, 0.29) is 12.0 Å². The molecule has 1 aliphatic heterocycles. The van der Waals surface area contributed by atoms with Crippen molar-refractivity contribution in [2.45, 2.75) is 32.8 Å². The van der Waals surface area contributed by atoms with Crippen LogP contribution in [0.15, 0.2) is 0 Å². The number of ether oxygens (including phenoxy) is 1. The van der Waals surface area contributed by atoms with Gasteiger partial charge < -0.3 is 9.84 Å². The molecular formula is C9H16O3. The lowest BCUT2D eigenvalue weighted by atomic mass is 9.90. The molecule has 1 N–H and O–H groups in total. The average molecular weight is 172 g/mol. The third-order valence-electron chi connectivity index (χ3n) is 2.41. The zero-order chi connectivity index (χ0) is 9.14. The minimum atomic E-state index is -0.677. The lowest BCUT2D eigenvalue weighted by Crippen LogP contribution is -2.33. The predicted octanol–water partition coefficient (Wildman–Crippen LogP) is 1.52. The van der Waals surface area contributed by atoms with E-state index >= 15 is 0 Å². The molecule has 0 bridgehead atoms. The van der Waals surface area contributed by atoms with Crippen LogP contribution >= 0.6 is 0 Å². The second-order valence-corrected chi connectivity index (χ2v) is 3.71. The first-order valence-corrected chi connectivity index (χ1v) is 4.45. The first-order chi connectivity index (χ1) is 5.61. The standard InChI is InChI=1S/C9H16O3/c1-6(2)8-5-7(9(10)11)3-4-12-8/h6-8H,3-5H2,1-2H3,(H,10,11)/t7-,8+/m0/s1. The average Bonchev–Trinajstić information content (AvgIpc) is 2.04. The minimum absolute atomic E-state index is 0.139. The Morgan fingerprint density at radius 2 is 2.25 bits per heavy atom. The van der Waals surface area contributed by atoms with Gasteiger partial charge in [-0.1, -0.05) is 13.8 Å². The lowest BCUT2D eigenvalue weighted by Gasteiger charge is -2.29. The zero-order valence-corrected chi connectivity index (χ0v) is 7.62. The molecule has 3 nitrogen and oxygen atoms in total. The van der Waals surface area contributed by atoms with E-state index in [0.717, 1.165) is 0 Å². The highest BCUT2D eigenvalue weighted by atomic mass is 16.5. The van der Waals surface area contributed by atoms with Crippen molar-refractivity contribution in [3.05, 3.63) is 0 Å². The molecule has 1 saturated heterocycles. The van der Waals surface area contributed by atoms with Crippen molar-refractivity contribution in [3.8, 4) is 0 Å². The van der Waals surface area contributed by atoms with Crippen LogP contribution in [0.4, 0.5) is 0 Å². The van der Waals surface area contributed by atoms with Crippen molar-refractivity contribution in [2.75, 3.05) is 6.61 Å². The van der Waals surface area contributed by atoms with Gasteiger partial charge in [-0.05, 0) is 18.8 Å². The van der Waals surface area contributed by atoms with Gasteiger partial charge in [-0.25, -0.2) is 0 Å². The van der Waals surface area contributed by atoms with Crippen molar-refractivity contribution in [1.29, 1.82) is 0 Å². The third-order valence-corrected chi connectivity index (χ3v) is 2.41. The van der Waals surface area contributed by atoms with Gasteiger partial charge in [-0.2, -0.15) is 0 Å². The van der Waals surface area contributed by atoms with Gasteiger partial charge in [0.1, 0.15) is 0 Å². The SMILES string of the molecule is CC(C)[C@H]1C[C@@H](C(=O)O)CCO1. The van der Waals surface area contributed by atoms with Crippen LogP contribution in [0.2, 0.25) is 0 Å². The van der Waals surface area contributed by atoms with E-state index in [0.29, 0.717) is 25.4 Å². The van der Waals surface area contributed by atoms with Crippen molar-refractivity contribution >= 4 is 5.97 Å². The summed E-state index contributed by atoms with van der Waals surface area (Å²) in [5.74, 6) is -0.442. The second-order valence-electron chi connectivity index (χ2n) is 3.71. The summed E-state index contributed by atoms with van der Waals surface area (Å²) in [6.45, 7) is 4.73. The fourth-order valence-corrected chi connectivity index (χ4v) is 1.52. The van der Waals surface area contributed by atoms with E-state index in [9.17, 15) is 4.79 Å². The van der Waals surface area contributed by atoms with E-state index in [1.807, 2.05) is 0 Å². The molecule has 1 fully saturated rings. The topological polar surface area (TPSA) is 46.5 Å². The highest BCUT2D eigenvalue weighted by Crippen LogP contribution is 2.24. The van der Waals surface area contributed by atoms with Crippen molar-refractivity contribution in [3.63, 3.8) is 0 Å². The van der Waals surface area contributed by atoms with Crippen LogP contribution < -0.4 is 0 Å². The van der Waals surface area contributed by atoms with Crippen LogP contribution in [0.3, 0.4) is 0 Å². The maximum atomic E-state index is 10.7. The lowest BCUT2D eigenvalue weighted by molar-refractivity contribution is -0.148. The molecule has 0 aliphatic carbocycles. The van der Waals surface area contributed by atoms with Crippen molar-refractivity contribution < 1.29 is 14.6 Å². The Morgan fingerprint density at radius 3 is 2.75 bits per heavy atom. The number of aliphatic carboxylic acids is 1. The molecule has 0 saturated carbocycles. The first kappa shape index (κ1) is 9.52. The number of rotatable bonds is 2. The second kappa shape index (κ2) is 3.90. The summed E-state index contributed by atoms with van der Waals surface area (Å²) >= 11 is 0. The molecule has 70 valence electrons. The summed E-state index contributed by atoms with van der Waals surface area (Å²) in [5.41, 5.74) is 0. The van der Waals surface area contributed by atoms with E-state index in [1.54, 1.807) is 0 Å². The number of carboxylic acids is 1. The zero-order valence-electron chi connectivity index (χ0n) is 7.62. The Balaban J connectivity index is 2.46. The fourth-order valence-electron chi connectivity index (χ4n) is 1.52. The molecule has 0 spiro atoms. The molecule has 3 heteroatoms. The maximum Gasteiger partial charge on any atom is 0.306 e. The Kier molecular flexibility index (Phi) is 3.09. The van der Waals surface area contributed by atoms with Crippen LogP contribution in [-0.2, 0) is 9.53 Å².